The molecule has 2 saturated heterocycles. The first-order chi connectivity index (χ1) is 9.15. The number of hydrogen-bond donors (Lipinski definition) is 1. The van der Waals surface area contributed by atoms with Crippen molar-refractivity contribution in [1.29, 1.82) is 0 Å². The van der Waals surface area contributed by atoms with Gasteiger partial charge in [0, 0.05) is 0 Å². The summed E-state index contributed by atoms with van der Waals surface area (Å²) in [5.41, 5.74) is -0.379. The highest BCUT2D eigenvalue weighted by atomic mass is 31.2. The molecule has 0 saturated carbocycles. The zero-order valence-corrected chi connectivity index (χ0v) is 13.6. The number of fused-ring (bicyclic) bond motifs is 1. The fourth-order valence-electron chi connectivity index (χ4n) is 3.04. The van der Waals surface area contributed by atoms with E-state index in [0.717, 1.165) is 6.42 Å². The van der Waals surface area contributed by atoms with E-state index in [1.54, 1.807) is 13.8 Å². The summed E-state index contributed by atoms with van der Waals surface area (Å²) in [6, 6.07) is 0. The summed E-state index contributed by atoms with van der Waals surface area (Å²) in [5.74, 6) is 0.459. The van der Waals surface area contributed by atoms with Gasteiger partial charge in [-0.15, -0.1) is 0 Å². The highest BCUT2D eigenvalue weighted by molar-refractivity contribution is 7.47. The second kappa shape index (κ2) is 5.67. The standard InChI is InChI=1S/C13H25O6P/c1-8(2)6-13-7-16-12(13)11(10(5)17-13)19-20(14,15)18-9(3)4/h8-12H,6-7H2,1-5H3,(H,14,15)/t10-,11?,12+,13-/m0/s1. The molecule has 6 nitrogen and oxygen atoms in total. The summed E-state index contributed by atoms with van der Waals surface area (Å²) in [6.45, 7) is 9.95. The van der Waals surface area contributed by atoms with Crippen LogP contribution < -0.4 is 0 Å². The van der Waals surface area contributed by atoms with E-state index >= 15 is 0 Å². The van der Waals surface area contributed by atoms with E-state index in [1.807, 2.05) is 6.92 Å². The van der Waals surface area contributed by atoms with Crippen molar-refractivity contribution in [3.63, 3.8) is 0 Å². The second-order valence-electron chi connectivity index (χ2n) is 6.41. The van der Waals surface area contributed by atoms with Crippen molar-refractivity contribution in [2.24, 2.45) is 5.92 Å². The fraction of sp³-hybridized carbons (Fsp3) is 1.00. The van der Waals surface area contributed by atoms with Crippen molar-refractivity contribution >= 4 is 7.82 Å². The fourth-order valence-corrected chi connectivity index (χ4v) is 4.22. The average molecular weight is 308 g/mol. The average Bonchev–Trinajstić information content (AvgIpc) is 2.36. The van der Waals surface area contributed by atoms with Gasteiger partial charge in [-0.2, -0.15) is 0 Å². The first-order valence-electron chi connectivity index (χ1n) is 7.14. The summed E-state index contributed by atoms with van der Waals surface area (Å²) < 4.78 is 33.7. The molecule has 0 aromatic rings. The lowest BCUT2D eigenvalue weighted by molar-refractivity contribution is -0.233. The van der Waals surface area contributed by atoms with Gasteiger partial charge in [-0.25, -0.2) is 4.57 Å². The maximum Gasteiger partial charge on any atom is 0.472 e. The minimum atomic E-state index is -4.09. The number of hydrogen-bond acceptors (Lipinski definition) is 5. The first-order valence-corrected chi connectivity index (χ1v) is 8.64. The van der Waals surface area contributed by atoms with E-state index in [0.29, 0.717) is 12.5 Å². The molecule has 0 bridgehead atoms. The lowest BCUT2D eigenvalue weighted by Gasteiger charge is -2.45. The maximum atomic E-state index is 11.9. The van der Waals surface area contributed by atoms with Crippen LogP contribution in [0.15, 0.2) is 0 Å². The number of ether oxygens (including phenoxy) is 2. The van der Waals surface area contributed by atoms with Gasteiger partial charge in [0.05, 0.1) is 18.8 Å². The Kier molecular flexibility index (Phi) is 4.65. The molecule has 0 aliphatic carbocycles. The van der Waals surface area contributed by atoms with Gasteiger partial charge in [0.1, 0.15) is 17.8 Å². The quantitative estimate of drug-likeness (QED) is 0.760. The topological polar surface area (TPSA) is 74.2 Å². The van der Waals surface area contributed by atoms with E-state index < -0.39 is 13.9 Å². The molecule has 2 fully saturated rings. The van der Waals surface area contributed by atoms with Crippen LogP contribution in [0, 0.1) is 5.92 Å². The maximum absolute atomic E-state index is 11.9. The molecule has 2 aliphatic heterocycles. The Hall–Kier alpha value is 0.0300. The Morgan fingerprint density at radius 3 is 2.50 bits per heavy atom. The Morgan fingerprint density at radius 1 is 1.40 bits per heavy atom. The van der Waals surface area contributed by atoms with E-state index in [1.165, 1.54) is 0 Å². The van der Waals surface area contributed by atoms with E-state index in [2.05, 4.69) is 13.8 Å². The van der Waals surface area contributed by atoms with Crippen LogP contribution in [0.1, 0.15) is 41.0 Å². The van der Waals surface area contributed by atoms with Crippen molar-refractivity contribution in [2.45, 2.75) is 71.1 Å². The normalized spacial score (nSPS) is 39.7. The third-order valence-electron chi connectivity index (χ3n) is 3.56. The Bertz CT molecular complexity index is 398. The Labute approximate surface area is 120 Å². The smallest absolute Gasteiger partial charge is 0.369 e. The van der Waals surface area contributed by atoms with Gasteiger partial charge in [-0.3, -0.25) is 9.05 Å². The van der Waals surface area contributed by atoms with Crippen LogP contribution in [0.5, 0.6) is 0 Å². The zero-order valence-electron chi connectivity index (χ0n) is 12.7. The summed E-state index contributed by atoms with van der Waals surface area (Å²) in [4.78, 5) is 9.76. The molecular weight excluding hydrogens is 283 g/mol. The summed E-state index contributed by atoms with van der Waals surface area (Å²) in [7, 11) is -4.09. The molecule has 5 atom stereocenters. The van der Waals surface area contributed by atoms with Crippen molar-refractivity contribution in [2.75, 3.05) is 6.61 Å². The van der Waals surface area contributed by atoms with Crippen LogP contribution in [0.25, 0.3) is 0 Å². The minimum absolute atomic E-state index is 0.294. The Balaban J connectivity index is 2.05. The summed E-state index contributed by atoms with van der Waals surface area (Å²) >= 11 is 0. The highest BCUT2D eigenvalue weighted by Crippen LogP contribution is 2.53. The molecule has 7 heteroatoms. The molecule has 0 aromatic heterocycles. The summed E-state index contributed by atoms with van der Waals surface area (Å²) in [5, 5.41) is 0. The van der Waals surface area contributed by atoms with Crippen molar-refractivity contribution < 1.29 is 28.0 Å². The van der Waals surface area contributed by atoms with Gasteiger partial charge in [-0.1, -0.05) is 13.8 Å². The largest absolute Gasteiger partial charge is 0.472 e. The lowest BCUT2D eigenvalue weighted by atomic mass is 9.83. The van der Waals surface area contributed by atoms with Crippen LogP contribution in [0.2, 0.25) is 0 Å². The molecule has 118 valence electrons. The Morgan fingerprint density at radius 2 is 2.05 bits per heavy atom. The minimum Gasteiger partial charge on any atom is -0.369 e. The van der Waals surface area contributed by atoms with Gasteiger partial charge in [0.15, 0.2) is 0 Å². The molecular formula is C13H25O6P. The molecule has 0 spiro atoms. The van der Waals surface area contributed by atoms with Crippen LogP contribution in [0.3, 0.4) is 0 Å². The third-order valence-corrected chi connectivity index (χ3v) is 4.76. The molecule has 0 radical (unpaired) electrons. The van der Waals surface area contributed by atoms with E-state index in [-0.39, 0.29) is 23.9 Å². The SMILES string of the molecule is CC(C)C[C@]12CO[C@@H]1C(OP(=O)(O)OC(C)C)[C@H](C)O2. The predicted octanol–water partition coefficient (Wildman–Crippen LogP) is 2.50. The zero-order chi connectivity index (χ0) is 15.1. The van der Waals surface area contributed by atoms with Crippen LogP contribution in [-0.4, -0.2) is 41.5 Å². The molecule has 20 heavy (non-hydrogen) atoms. The highest BCUT2D eigenvalue weighted by Gasteiger charge is 2.62. The molecule has 2 unspecified atom stereocenters. The van der Waals surface area contributed by atoms with Crippen LogP contribution >= 0.6 is 7.82 Å². The van der Waals surface area contributed by atoms with Crippen molar-refractivity contribution in [1.82, 2.24) is 0 Å². The third kappa shape index (κ3) is 3.26. The van der Waals surface area contributed by atoms with Crippen LogP contribution in [0.4, 0.5) is 0 Å². The van der Waals surface area contributed by atoms with Gasteiger partial charge >= 0.3 is 7.82 Å². The molecule has 0 aromatic carbocycles. The van der Waals surface area contributed by atoms with Gasteiger partial charge in [0.25, 0.3) is 0 Å². The number of phosphoric acid groups is 1. The van der Waals surface area contributed by atoms with E-state index in [9.17, 15) is 9.46 Å². The lowest BCUT2D eigenvalue weighted by Crippen LogP contribution is -2.59. The first kappa shape index (κ1) is 16.4. The molecule has 2 aliphatic rings. The molecule has 1 N–H and O–H groups in total. The number of rotatable bonds is 6. The monoisotopic (exact) mass is 308 g/mol. The van der Waals surface area contributed by atoms with E-state index in [4.69, 9.17) is 18.5 Å². The van der Waals surface area contributed by atoms with Gasteiger partial charge in [-0.05, 0) is 33.1 Å². The number of phosphoric ester groups is 1. The summed E-state index contributed by atoms with van der Waals surface area (Å²) in [6.07, 6.45) is -0.695. The molecule has 2 rings (SSSR count). The van der Waals surface area contributed by atoms with Crippen molar-refractivity contribution in [3.8, 4) is 0 Å². The molecule has 2 heterocycles. The van der Waals surface area contributed by atoms with Crippen molar-refractivity contribution in [3.05, 3.63) is 0 Å². The van der Waals surface area contributed by atoms with Gasteiger partial charge in [0.2, 0.25) is 0 Å². The molecule has 0 amide bonds. The predicted molar refractivity (Wildman–Crippen MR) is 73.4 cm³/mol. The van der Waals surface area contributed by atoms with Gasteiger partial charge < -0.3 is 14.4 Å². The second-order valence-corrected chi connectivity index (χ2v) is 7.77. The van der Waals surface area contributed by atoms with Crippen LogP contribution in [-0.2, 0) is 23.1 Å².